The fraction of sp³-hybridized carbons (Fsp3) is 0.846. The maximum atomic E-state index is 6.48. The van der Waals surface area contributed by atoms with E-state index in [4.69, 9.17) is 15.0 Å². The van der Waals surface area contributed by atoms with Gasteiger partial charge in [-0.3, -0.25) is 0 Å². The second-order valence-corrected chi connectivity index (χ2v) is 5.99. The van der Waals surface area contributed by atoms with Crippen LogP contribution in [0.1, 0.15) is 57.2 Å². The monoisotopic (exact) mass is 251 g/mol. The summed E-state index contributed by atoms with van der Waals surface area (Å²) in [5.74, 6) is 2.37. The van der Waals surface area contributed by atoms with Crippen LogP contribution in [0.15, 0.2) is 4.52 Å². The van der Waals surface area contributed by atoms with Crippen LogP contribution in [-0.2, 0) is 10.3 Å². The number of rotatable bonds is 3. The van der Waals surface area contributed by atoms with Gasteiger partial charge in [0.1, 0.15) is 0 Å². The second-order valence-electron chi connectivity index (χ2n) is 5.99. The number of hydrogen-bond acceptors (Lipinski definition) is 5. The summed E-state index contributed by atoms with van der Waals surface area (Å²) in [6, 6.07) is 0. The highest BCUT2D eigenvalue weighted by Crippen LogP contribution is 2.40. The SMILES string of the molecule is CC(C)C1CC(N)(c2noc(C3CC3)n2)CCO1. The Kier molecular flexibility index (Phi) is 2.90. The molecule has 0 radical (unpaired) electrons. The number of nitrogens with zero attached hydrogens (tertiary/aromatic N) is 2. The Hall–Kier alpha value is -0.940. The molecule has 2 fully saturated rings. The minimum Gasteiger partial charge on any atom is -0.378 e. The molecule has 1 saturated carbocycles. The summed E-state index contributed by atoms with van der Waals surface area (Å²) in [4.78, 5) is 4.50. The van der Waals surface area contributed by atoms with Gasteiger partial charge in [-0.05, 0) is 31.6 Å². The molecule has 0 spiro atoms. The number of aromatic nitrogens is 2. The molecule has 2 N–H and O–H groups in total. The van der Waals surface area contributed by atoms with Crippen LogP contribution in [0.3, 0.4) is 0 Å². The van der Waals surface area contributed by atoms with Gasteiger partial charge in [0.15, 0.2) is 5.82 Å². The van der Waals surface area contributed by atoms with Crippen LogP contribution < -0.4 is 5.73 Å². The van der Waals surface area contributed by atoms with Crippen LogP contribution in [-0.4, -0.2) is 22.9 Å². The van der Waals surface area contributed by atoms with Gasteiger partial charge in [-0.2, -0.15) is 4.98 Å². The van der Waals surface area contributed by atoms with E-state index in [2.05, 4.69) is 24.0 Å². The average Bonchev–Trinajstić information content (AvgIpc) is 3.06. The third-order valence-electron chi connectivity index (χ3n) is 4.00. The molecule has 2 aliphatic rings. The van der Waals surface area contributed by atoms with E-state index < -0.39 is 5.54 Å². The van der Waals surface area contributed by atoms with Gasteiger partial charge in [0.05, 0.1) is 11.6 Å². The lowest BCUT2D eigenvalue weighted by atomic mass is 9.83. The van der Waals surface area contributed by atoms with Crippen molar-refractivity contribution >= 4 is 0 Å². The van der Waals surface area contributed by atoms with Crippen LogP contribution in [0.2, 0.25) is 0 Å². The standard InChI is InChI=1S/C13H21N3O2/c1-8(2)10-7-13(14,5-6-17-10)12-15-11(18-16-12)9-3-4-9/h8-10H,3-7,14H2,1-2H3. The molecule has 2 unspecified atom stereocenters. The Morgan fingerprint density at radius 2 is 2.17 bits per heavy atom. The molecule has 5 heteroatoms. The summed E-state index contributed by atoms with van der Waals surface area (Å²) in [5, 5.41) is 4.10. The Balaban J connectivity index is 1.79. The van der Waals surface area contributed by atoms with Crippen molar-refractivity contribution in [3.05, 3.63) is 11.7 Å². The molecular weight excluding hydrogens is 230 g/mol. The van der Waals surface area contributed by atoms with Crippen molar-refractivity contribution in [3.63, 3.8) is 0 Å². The minimum absolute atomic E-state index is 0.187. The van der Waals surface area contributed by atoms with Gasteiger partial charge in [0.25, 0.3) is 0 Å². The molecule has 18 heavy (non-hydrogen) atoms. The van der Waals surface area contributed by atoms with Crippen LogP contribution >= 0.6 is 0 Å². The third-order valence-corrected chi connectivity index (χ3v) is 4.00. The molecule has 1 aromatic rings. The van der Waals surface area contributed by atoms with Crippen LogP contribution in [0.5, 0.6) is 0 Å². The largest absolute Gasteiger partial charge is 0.378 e. The minimum atomic E-state index is -0.482. The lowest BCUT2D eigenvalue weighted by Crippen LogP contribution is -2.47. The second kappa shape index (κ2) is 4.31. The van der Waals surface area contributed by atoms with Gasteiger partial charge in [-0.25, -0.2) is 0 Å². The van der Waals surface area contributed by atoms with Gasteiger partial charge in [0.2, 0.25) is 5.89 Å². The fourth-order valence-corrected chi connectivity index (χ4v) is 2.48. The molecule has 1 saturated heterocycles. The lowest BCUT2D eigenvalue weighted by molar-refractivity contribution is -0.0460. The molecule has 100 valence electrons. The Morgan fingerprint density at radius 1 is 1.39 bits per heavy atom. The van der Waals surface area contributed by atoms with Crippen molar-refractivity contribution in [1.29, 1.82) is 0 Å². The number of ether oxygens (including phenoxy) is 1. The summed E-state index contributed by atoms with van der Waals surface area (Å²) in [6.07, 6.45) is 4.05. The molecule has 1 aliphatic heterocycles. The van der Waals surface area contributed by atoms with Crippen molar-refractivity contribution in [3.8, 4) is 0 Å². The van der Waals surface area contributed by atoms with Gasteiger partial charge in [-0.15, -0.1) is 0 Å². The van der Waals surface area contributed by atoms with E-state index in [1.165, 1.54) is 0 Å². The van der Waals surface area contributed by atoms with Gasteiger partial charge < -0.3 is 15.0 Å². The molecular formula is C13H21N3O2. The van der Waals surface area contributed by atoms with E-state index >= 15 is 0 Å². The number of nitrogens with two attached hydrogens (primary N) is 1. The first kappa shape index (κ1) is 12.1. The predicted molar refractivity (Wildman–Crippen MR) is 66.0 cm³/mol. The van der Waals surface area contributed by atoms with Crippen LogP contribution in [0.25, 0.3) is 0 Å². The highest BCUT2D eigenvalue weighted by molar-refractivity contribution is 5.10. The molecule has 0 amide bonds. The zero-order valence-corrected chi connectivity index (χ0v) is 11.1. The molecule has 2 atom stereocenters. The quantitative estimate of drug-likeness (QED) is 0.888. The topological polar surface area (TPSA) is 74.2 Å². The molecule has 5 nitrogen and oxygen atoms in total. The molecule has 2 heterocycles. The smallest absolute Gasteiger partial charge is 0.229 e. The van der Waals surface area contributed by atoms with E-state index in [1.54, 1.807) is 0 Å². The van der Waals surface area contributed by atoms with Gasteiger partial charge in [-0.1, -0.05) is 19.0 Å². The van der Waals surface area contributed by atoms with Crippen molar-refractivity contribution in [2.24, 2.45) is 11.7 Å². The Labute approximate surface area is 107 Å². The summed E-state index contributed by atoms with van der Waals surface area (Å²) >= 11 is 0. The Bertz CT molecular complexity index is 428. The molecule has 1 aliphatic carbocycles. The van der Waals surface area contributed by atoms with Crippen LogP contribution in [0.4, 0.5) is 0 Å². The molecule has 0 bridgehead atoms. The first-order valence-electron chi connectivity index (χ1n) is 6.83. The van der Waals surface area contributed by atoms with Crippen molar-refractivity contribution in [1.82, 2.24) is 10.1 Å². The maximum absolute atomic E-state index is 6.48. The first-order valence-corrected chi connectivity index (χ1v) is 6.83. The zero-order chi connectivity index (χ0) is 12.8. The van der Waals surface area contributed by atoms with E-state index in [0.717, 1.165) is 31.6 Å². The Morgan fingerprint density at radius 3 is 2.83 bits per heavy atom. The van der Waals surface area contributed by atoms with Crippen molar-refractivity contribution < 1.29 is 9.26 Å². The van der Waals surface area contributed by atoms with E-state index in [9.17, 15) is 0 Å². The van der Waals surface area contributed by atoms with Gasteiger partial charge in [0, 0.05) is 12.5 Å². The van der Waals surface area contributed by atoms with E-state index in [-0.39, 0.29) is 6.10 Å². The van der Waals surface area contributed by atoms with Crippen LogP contribution in [0, 0.1) is 5.92 Å². The summed E-state index contributed by atoms with van der Waals surface area (Å²) in [6.45, 7) is 4.98. The summed E-state index contributed by atoms with van der Waals surface area (Å²) in [7, 11) is 0. The normalized spacial score (nSPS) is 33.0. The zero-order valence-electron chi connectivity index (χ0n) is 11.1. The van der Waals surface area contributed by atoms with E-state index in [0.29, 0.717) is 24.3 Å². The fourth-order valence-electron chi connectivity index (χ4n) is 2.48. The molecule has 0 aromatic carbocycles. The lowest BCUT2D eigenvalue weighted by Gasteiger charge is -2.37. The third kappa shape index (κ3) is 2.17. The molecule has 1 aromatic heterocycles. The highest BCUT2D eigenvalue weighted by Gasteiger charge is 2.41. The highest BCUT2D eigenvalue weighted by atomic mass is 16.5. The van der Waals surface area contributed by atoms with Crippen molar-refractivity contribution in [2.45, 2.75) is 57.1 Å². The summed E-state index contributed by atoms with van der Waals surface area (Å²) in [5.41, 5.74) is 6.00. The molecule has 3 rings (SSSR count). The maximum Gasteiger partial charge on any atom is 0.229 e. The average molecular weight is 251 g/mol. The summed E-state index contributed by atoms with van der Waals surface area (Å²) < 4.78 is 11.1. The first-order chi connectivity index (χ1) is 8.58. The van der Waals surface area contributed by atoms with Crippen molar-refractivity contribution in [2.75, 3.05) is 6.61 Å². The predicted octanol–water partition coefficient (Wildman–Crippen LogP) is 1.94. The van der Waals surface area contributed by atoms with Gasteiger partial charge >= 0.3 is 0 Å². The number of hydrogen-bond donors (Lipinski definition) is 1. The van der Waals surface area contributed by atoms with E-state index in [1.807, 2.05) is 0 Å².